The van der Waals surface area contributed by atoms with E-state index in [-0.39, 0.29) is 36.3 Å². The lowest BCUT2D eigenvalue weighted by atomic mass is 10.1. The van der Waals surface area contributed by atoms with Gasteiger partial charge in [-0.15, -0.1) is 24.0 Å². The number of benzene rings is 2. The van der Waals surface area contributed by atoms with Gasteiger partial charge in [0.25, 0.3) is 0 Å². The van der Waals surface area contributed by atoms with Gasteiger partial charge in [0.05, 0.1) is 11.6 Å². The number of halogens is 2. The molecule has 0 radical (unpaired) electrons. The Kier molecular flexibility index (Phi) is 8.92. The molecule has 2 aromatic carbocycles. The minimum atomic E-state index is -0.340. The summed E-state index contributed by atoms with van der Waals surface area (Å²) < 4.78 is 13.8. The SMILES string of the molecule is CCc1ccccc1CNC(=NC)NCc1cc(C#N)ccc1F.I. The van der Waals surface area contributed by atoms with E-state index in [1.807, 2.05) is 18.2 Å². The number of nitrogens with zero attached hydrogens (tertiary/aromatic N) is 2. The summed E-state index contributed by atoms with van der Waals surface area (Å²) in [4.78, 5) is 4.15. The highest BCUT2D eigenvalue weighted by molar-refractivity contribution is 14.0. The zero-order valence-corrected chi connectivity index (χ0v) is 16.7. The average molecular weight is 452 g/mol. The number of hydrogen-bond donors (Lipinski definition) is 2. The summed E-state index contributed by atoms with van der Waals surface area (Å²) in [5.74, 6) is 0.246. The summed E-state index contributed by atoms with van der Waals surface area (Å²) >= 11 is 0. The Labute approximate surface area is 165 Å². The molecule has 132 valence electrons. The number of hydrogen-bond acceptors (Lipinski definition) is 2. The van der Waals surface area contributed by atoms with E-state index < -0.39 is 0 Å². The van der Waals surface area contributed by atoms with Crippen molar-refractivity contribution in [3.8, 4) is 6.07 Å². The molecule has 2 rings (SSSR count). The molecule has 0 unspecified atom stereocenters. The van der Waals surface area contributed by atoms with Crippen molar-refractivity contribution < 1.29 is 4.39 Å². The third-order valence-electron chi connectivity index (χ3n) is 3.79. The first-order valence-electron chi connectivity index (χ1n) is 7.87. The summed E-state index contributed by atoms with van der Waals surface area (Å²) in [6.07, 6.45) is 0.968. The van der Waals surface area contributed by atoms with E-state index in [2.05, 4.69) is 34.7 Å². The second kappa shape index (κ2) is 10.7. The molecule has 0 aromatic heterocycles. The standard InChI is InChI=1S/C19H21FN4.HI/c1-3-15-6-4-5-7-16(15)12-23-19(22-2)24-13-17-10-14(11-21)8-9-18(17)20;/h4-10H,3,12-13H2,1-2H3,(H2,22,23,24);1H. The van der Waals surface area contributed by atoms with Crippen LogP contribution in [-0.4, -0.2) is 13.0 Å². The lowest BCUT2D eigenvalue weighted by Gasteiger charge is -2.14. The molecule has 0 heterocycles. The van der Waals surface area contributed by atoms with E-state index >= 15 is 0 Å². The van der Waals surface area contributed by atoms with Crippen LogP contribution in [0.15, 0.2) is 47.5 Å². The predicted molar refractivity (Wildman–Crippen MR) is 109 cm³/mol. The second-order valence-corrected chi connectivity index (χ2v) is 5.32. The summed E-state index contributed by atoms with van der Waals surface area (Å²) in [6, 6.07) is 14.6. The van der Waals surface area contributed by atoms with Gasteiger partial charge >= 0.3 is 0 Å². The van der Waals surface area contributed by atoms with Crippen LogP contribution >= 0.6 is 24.0 Å². The van der Waals surface area contributed by atoms with E-state index in [0.29, 0.717) is 23.6 Å². The van der Waals surface area contributed by atoms with Gasteiger partial charge in [0.1, 0.15) is 5.82 Å². The molecule has 0 saturated carbocycles. The molecule has 2 N–H and O–H groups in total. The summed E-state index contributed by atoms with van der Waals surface area (Å²) in [6.45, 7) is 3.03. The number of aryl methyl sites for hydroxylation is 1. The fraction of sp³-hybridized carbons (Fsp3) is 0.263. The van der Waals surface area contributed by atoms with Crippen molar-refractivity contribution in [2.24, 2.45) is 4.99 Å². The van der Waals surface area contributed by atoms with Crippen LogP contribution in [-0.2, 0) is 19.5 Å². The average Bonchev–Trinajstić information content (AvgIpc) is 2.63. The Bertz CT molecular complexity index is 768. The fourth-order valence-corrected chi connectivity index (χ4v) is 2.43. The van der Waals surface area contributed by atoms with Crippen molar-refractivity contribution in [1.29, 1.82) is 5.26 Å². The molecule has 0 bridgehead atoms. The normalized spacial score (nSPS) is 10.6. The molecule has 0 aliphatic rings. The van der Waals surface area contributed by atoms with Gasteiger partial charge in [0.15, 0.2) is 5.96 Å². The largest absolute Gasteiger partial charge is 0.352 e. The van der Waals surface area contributed by atoms with Crippen LogP contribution in [0.25, 0.3) is 0 Å². The maximum absolute atomic E-state index is 13.8. The van der Waals surface area contributed by atoms with Gasteiger partial charge in [-0.25, -0.2) is 4.39 Å². The molecule has 25 heavy (non-hydrogen) atoms. The minimum absolute atomic E-state index is 0. The Morgan fingerprint density at radius 1 is 1.08 bits per heavy atom. The van der Waals surface area contributed by atoms with Crippen molar-refractivity contribution in [2.45, 2.75) is 26.4 Å². The molecule has 6 heteroatoms. The molecule has 0 fully saturated rings. The first-order chi connectivity index (χ1) is 11.7. The molecule has 0 spiro atoms. The number of guanidine groups is 1. The van der Waals surface area contributed by atoms with E-state index in [9.17, 15) is 4.39 Å². The van der Waals surface area contributed by atoms with Gasteiger partial charge in [-0.2, -0.15) is 5.26 Å². The summed E-state index contributed by atoms with van der Waals surface area (Å²) in [7, 11) is 1.67. The monoisotopic (exact) mass is 452 g/mol. The van der Waals surface area contributed by atoms with Crippen LogP contribution in [0.4, 0.5) is 4.39 Å². The molecular weight excluding hydrogens is 430 g/mol. The number of rotatable bonds is 5. The van der Waals surface area contributed by atoms with E-state index in [1.54, 1.807) is 13.1 Å². The third-order valence-corrected chi connectivity index (χ3v) is 3.79. The molecule has 4 nitrogen and oxygen atoms in total. The topological polar surface area (TPSA) is 60.2 Å². The van der Waals surface area contributed by atoms with E-state index in [4.69, 9.17) is 5.26 Å². The lowest BCUT2D eigenvalue weighted by molar-refractivity contribution is 0.604. The Morgan fingerprint density at radius 3 is 2.32 bits per heavy atom. The third kappa shape index (κ3) is 6.02. The summed E-state index contributed by atoms with van der Waals surface area (Å²) in [5.41, 5.74) is 3.37. The summed E-state index contributed by atoms with van der Waals surface area (Å²) in [5, 5.41) is 15.2. The van der Waals surface area contributed by atoms with Gasteiger partial charge < -0.3 is 10.6 Å². The molecule has 0 aliphatic heterocycles. The zero-order chi connectivity index (χ0) is 17.4. The van der Waals surface area contributed by atoms with Crippen molar-refractivity contribution in [3.63, 3.8) is 0 Å². The maximum Gasteiger partial charge on any atom is 0.191 e. The molecule has 0 saturated heterocycles. The van der Waals surface area contributed by atoms with Crippen molar-refractivity contribution in [2.75, 3.05) is 7.05 Å². The first kappa shape index (κ1) is 20.9. The van der Waals surface area contributed by atoms with Gasteiger partial charge in [0.2, 0.25) is 0 Å². The van der Waals surface area contributed by atoms with Gasteiger partial charge in [0, 0.05) is 25.7 Å². The van der Waals surface area contributed by atoms with Gasteiger partial charge in [-0.1, -0.05) is 31.2 Å². The number of nitrogens with one attached hydrogen (secondary N) is 2. The minimum Gasteiger partial charge on any atom is -0.352 e. The molecule has 0 amide bonds. The first-order valence-corrected chi connectivity index (χ1v) is 7.87. The quantitative estimate of drug-likeness (QED) is 0.413. The van der Waals surface area contributed by atoms with E-state index in [0.717, 1.165) is 6.42 Å². The van der Waals surface area contributed by atoms with E-state index in [1.165, 1.54) is 23.3 Å². The maximum atomic E-state index is 13.8. The molecule has 2 aromatic rings. The van der Waals surface area contributed by atoms with Crippen LogP contribution in [0.2, 0.25) is 0 Å². The van der Waals surface area contributed by atoms with Crippen LogP contribution in [0, 0.1) is 17.1 Å². The number of aliphatic imine (C=N–C) groups is 1. The van der Waals surface area contributed by atoms with Crippen LogP contribution in [0.5, 0.6) is 0 Å². The predicted octanol–water partition coefficient (Wildman–Crippen LogP) is 3.74. The Hall–Kier alpha value is -2.14. The molecular formula is C19H22FIN4. The van der Waals surface area contributed by atoms with Gasteiger partial charge in [-0.05, 0) is 35.7 Å². The Balaban J connectivity index is 0.00000312. The zero-order valence-electron chi connectivity index (χ0n) is 14.3. The molecule has 0 atom stereocenters. The fourth-order valence-electron chi connectivity index (χ4n) is 2.43. The Morgan fingerprint density at radius 2 is 1.72 bits per heavy atom. The van der Waals surface area contributed by atoms with Crippen LogP contribution in [0.1, 0.15) is 29.2 Å². The smallest absolute Gasteiger partial charge is 0.191 e. The van der Waals surface area contributed by atoms with Crippen molar-refractivity contribution >= 4 is 29.9 Å². The van der Waals surface area contributed by atoms with Crippen molar-refractivity contribution in [1.82, 2.24) is 10.6 Å². The highest BCUT2D eigenvalue weighted by atomic mass is 127. The van der Waals surface area contributed by atoms with Crippen molar-refractivity contribution in [3.05, 3.63) is 70.5 Å². The highest BCUT2D eigenvalue weighted by Crippen LogP contribution is 2.10. The number of nitriles is 1. The second-order valence-electron chi connectivity index (χ2n) is 5.32. The van der Waals surface area contributed by atoms with Crippen LogP contribution < -0.4 is 10.6 Å². The van der Waals surface area contributed by atoms with Gasteiger partial charge in [-0.3, -0.25) is 4.99 Å². The highest BCUT2D eigenvalue weighted by Gasteiger charge is 2.06. The van der Waals surface area contributed by atoms with Crippen LogP contribution in [0.3, 0.4) is 0 Å². The lowest BCUT2D eigenvalue weighted by Crippen LogP contribution is -2.36. The molecule has 0 aliphatic carbocycles.